The van der Waals surface area contributed by atoms with Gasteiger partial charge in [0.1, 0.15) is 0 Å². The summed E-state index contributed by atoms with van der Waals surface area (Å²) >= 11 is 6.00. The number of likely N-dealkylation sites (tertiary alicyclic amines) is 1. The Morgan fingerprint density at radius 2 is 2.14 bits per heavy atom. The topological polar surface area (TPSA) is 61.4 Å². The molecule has 1 aliphatic rings. The summed E-state index contributed by atoms with van der Waals surface area (Å²) in [6, 6.07) is 5.53. The molecule has 0 bridgehead atoms. The Kier molecular flexibility index (Phi) is 5.80. The maximum atomic E-state index is 12.0. The Morgan fingerprint density at radius 1 is 1.36 bits per heavy atom. The van der Waals surface area contributed by atoms with Crippen LogP contribution in [0.15, 0.2) is 18.2 Å². The van der Waals surface area contributed by atoms with Gasteiger partial charge in [0.05, 0.1) is 0 Å². The molecule has 2 N–H and O–H groups in total. The molecule has 0 radical (unpaired) electrons. The van der Waals surface area contributed by atoms with Gasteiger partial charge in [0.25, 0.3) is 0 Å². The van der Waals surface area contributed by atoms with Gasteiger partial charge in [0, 0.05) is 23.3 Å². The van der Waals surface area contributed by atoms with Gasteiger partial charge in [0.2, 0.25) is 0 Å². The van der Waals surface area contributed by atoms with E-state index in [1.807, 2.05) is 0 Å². The SMILES string of the molecule is CCN1CCC[C@@H]1CNC(=O)C(=O)Nc1cccc(Cl)c1C. The number of halogens is 1. The zero-order valence-corrected chi connectivity index (χ0v) is 13.7. The Hall–Kier alpha value is -1.59. The summed E-state index contributed by atoms with van der Waals surface area (Å²) in [5.41, 5.74) is 1.31. The van der Waals surface area contributed by atoms with E-state index < -0.39 is 11.8 Å². The molecule has 0 spiro atoms. The minimum absolute atomic E-state index is 0.328. The number of likely N-dealkylation sites (N-methyl/N-ethyl adjacent to an activating group) is 1. The number of benzene rings is 1. The van der Waals surface area contributed by atoms with Crippen molar-refractivity contribution in [3.05, 3.63) is 28.8 Å². The lowest BCUT2D eigenvalue weighted by Gasteiger charge is -2.22. The lowest BCUT2D eigenvalue weighted by Crippen LogP contribution is -2.43. The van der Waals surface area contributed by atoms with Gasteiger partial charge in [-0.05, 0) is 50.6 Å². The highest BCUT2D eigenvalue weighted by atomic mass is 35.5. The largest absolute Gasteiger partial charge is 0.346 e. The predicted molar refractivity (Wildman–Crippen MR) is 88.1 cm³/mol. The normalized spacial score (nSPS) is 18.2. The second kappa shape index (κ2) is 7.61. The molecule has 2 rings (SSSR count). The second-order valence-corrected chi connectivity index (χ2v) is 5.91. The molecule has 22 heavy (non-hydrogen) atoms. The molecule has 2 amide bonds. The van der Waals surface area contributed by atoms with Gasteiger partial charge in [-0.3, -0.25) is 14.5 Å². The first-order valence-electron chi connectivity index (χ1n) is 7.61. The molecule has 1 heterocycles. The number of carbonyl (C=O) groups excluding carboxylic acids is 2. The first-order chi connectivity index (χ1) is 10.5. The standard InChI is InChI=1S/C16H22ClN3O2/c1-3-20-9-5-6-12(20)10-18-15(21)16(22)19-14-8-4-7-13(17)11(14)2/h4,7-8,12H,3,5-6,9-10H2,1-2H3,(H,18,21)(H,19,22)/t12-/m1/s1. The summed E-state index contributed by atoms with van der Waals surface area (Å²) in [5, 5.41) is 5.88. The lowest BCUT2D eigenvalue weighted by molar-refractivity contribution is -0.136. The summed E-state index contributed by atoms with van der Waals surface area (Å²) < 4.78 is 0. The maximum absolute atomic E-state index is 12.0. The summed E-state index contributed by atoms with van der Waals surface area (Å²) in [6.07, 6.45) is 2.20. The predicted octanol–water partition coefficient (Wildman–Crippen LogP) is 2.19. The molecular weight excluding hydrogens is 302 g/mol. The van der Waals surface area contributed by atoms with Crippen molar-refractivity contribution in [1.82, 2.24) is 10.2 Å². The van der Waals surface area contributed by atoms with Crippen molar-refractivity contribution in [3.63, 3.8) is 0 Å². The van der Waals surface area contributed by atoms with Gasteiger partial charge < -0.3 is 10.6 Å². The van der Waals surface area contributed by atoms with Gasteiger partial charge in [-0.25, -0.2) is 0 Å². The van der Waals surface area contributed by atoms with E-state index in [1.165, 1.54) is 0 Å². The van der Waals surface area contributed by atoms with E-state index >= 15 is 0 Å². The first kappa shape index (κ1) is 16.8. The zero-order chi connectivity index (χ0) is 16.1. The van der Waals surface area contributed by atoms with Gasteiger partial charge >= 0.3 is 11.8 Å². The highest BCUT2D eigenvalue weighted by Crippen LogP contribution is 2.22. The van der Waals surface area contributed by atoms with Crippen molar-refractivity contribution in [1.29, 1.82) is 0 Å². The molecule has 5 nitrogen and oxygen atoms in total. The maximum Gasteiger partial charge on any atom is 0.313 e. The van der Waals surface area contributed by atoms with Crippen LogP contribution < -0.4 is 10.6 Å². The van der Waals surface area contributed by atoms with Crippen LogP contribution in [0.4, 0.5) is 5.69 Å². The molecule has 6 heteroatoms. The van der Waals surface area contributed by atoms with E-state index in [1.54, 1.807) is 25.1 Å². The first-order valence-corrected chi connectivity index (χ1v) is 7.99. The third kappa shape index (κ3) is 3.99. The van der Waals surface area contributed by atoms with Crippen LogP contribution in [0.2, 0.25) is 5.02 Å². The number of hydrogen-bond donors (Lipinski definition) is 2. The monoisotopic (exact) mass is 323 g/mol. The van der Waals surface area contributed by atoms with E-state index in [4.69, 9.17) is 11.6 Å². The van der Waals surface area contributed by atoms with Crippen LogP contribution in [0, 0.1) is 6.92 Å². The number of carbonyl (C=O) groups is 2. The zero-order valence-electron chi connectivity index (χ0n) is 13.0. The molecule has 1 fully saturated rings. The minimum Gasteiger partial charge on any atom is -0.346 e. The summed E-state index contributed by atoms with van der Waals surface area (Å²) in [4.78, 5) is 26.2. The minimum atomic E-state index is -0.661. The van der Waals surface area contributed by atoms with Crippen LogP contribution in [0.3, 0.4) is 0 Å². The van der Waals surface area contributed by atoms with Crippen molar-refractivity contribution in [2.24, 2.45) is 0 Å². The van der Waals surface area contributed by atoms with Gasteiger partial charge in [0.15, 0.2) is 0 Å². The Balaban J connectivity index is 1.87. The molecule has 1 saturated heterocycles. The fourth-order valence-corrected chi connectivity index (χ4v) is 2.93. The quantitative estimate of drug-likeness (QED) is 0.835. The number of nitrogens with zero attached hydrogens (tertiary/aromatic N) is 1. The van der Waals surface area contributed by atoms with Crippen LogP contribution in [0.5, 0.6) is 0 Å². The smallest absolute Gasteiger partial charge is 0.313 e. The Labute approximate surface area is 136 Å². The van der Waals surface area contributed by atoms with E-state index in [0.29, 0.717) is 23.3 Å². The average Bonchev–Trinajstić information content (AvgIpc) is 2.96. The highest BCUT2D eigenvalue weighted by Gasteiger charge is 2.24. The Morgan fingerprint density at radius 3 is 2.86 bits per heavy atom. The van der Waals surface area contributed by atoms with E-state index in [-0.39, 0.29) is 0 Å². The van der Waals surface area contributed by atoms with Crippen molar-refractivity contribution in [2.75, 3.05) is 25.0 Å². The molecule has 1 aliphatic heterocycles. The molecule has 0 saturated carbocycles. The van der Waals surface area contributed by atoms with Gasteiger partial charge in [-0.1, -0.05) is 24.6 Å². The molecular formula is C16H22ClN3O2. The van der Waals surface area contributed by atoms with Crippen molar-refractivity contribution in [3.8, 4) is 0 Å². The van der Waals surface area contributed by atoms with E-state index in [9.17, 15) is 9.59 Å². The number of amides is 2. The fraction of sp³-hybridized carbons (Fsp3) is 0.500. The van der Waals surface area contributed by atoms with Crippen LogP contribution in [0.1, 0.15) is 25.3 Å². The summed E-state index contributed by atoms with van der Waals surface area (Å²) in [7, 11) is 0. The van der Waals surface area contributed by atoms with E-state index in [2.05, 4.69) is 22.5 Å². The summed E-state index contributed by atoms with van der Waals surface area (Å²) in [6.45, 7) is 6.44. The van der Waals surface area contributed by atoms with Crippen LogP contribution in [0.25, 0.3) is 0 Å². The number of rotatable bonds is 4. The van der Waals surface area contributed by atoms with Crippen molar-refractivity contribution >= 4 is 29.1 Å². The highest BCUT2D eigenvalue weighted by molar-refractivity contribution is 6.40. The molecule has 0 aliphatic carbocycles. The average molecular weight is 324 g/mol. The van der Waals surface area contributed by atoms with Crippen LogP contribution in [-0.2, 0) is 9.59 Å². The van der Waals surface area contributed by atoms with E-state index in [0.717, 1.165) is 31.5 Å². The van der Waals surface area contributed by atoms with Gasteiger partial charge in [-0.15, -0.1) is 0 Å². The lowest BCUT2D eigenvalue weighted by atomic mass is 10.2. The van der Waals surface area contributed by atoms with Crippen LogP contribution in [-0.4, -0.2) is 42.4 Å². The third-order valence-electron chi connectivity index (χ3n) is 4.13. The van der Waals surface area contributed by atoms with Crippen molar-refractivity contribution in [2.45, 2.75) is 32.7 Å². The molecule has 1 aromatic carbocycles. The van der Waals surface area contributed by atoms with Crippen molar-refractivity contribution < 1.29 is 9.59 Å². The molecule has 0 unspecified atom stereocenters. The third-order valence-corrected chi connectivity index (χ3v) is 4.54. The summed E-state index contributed by atoms with van der Waals surface area (Å²) in [5.74, 6) is -1.27. The molecule has 0 aromatic heterocycles. The second-order valence-electron chi connectivity index (χ2n) is 5.50. The Bertz CT molecular complexity index is 562. The molecule has 1 aromatic rings. The molecule has 120 valence electrons. The molecule has 1 atom stereocenters. The van der Waals surface area contributed by atoms with Crippen LogP contribution >= 0.6 is 11.6 Å². The fourth-order valence-electron chi connectivity index (χ4n) is 2.76. The number of hydrogen-bond acceptors (Lipinski definition) is 3. The number of nitrogens with one attached hydrogen (secondary N) is 2. The number of anilines is 1. The van der Waals surface area contributed by atoms with Gasteiger partial charge in [-0.2, -0.15) is 0 Å².